The van der Waals surface area contributed by atoms with Crippen molar-refractivity contribution in [2.24, 2.45) is 0 Å². The van der Waals surface area contributed by atoms with Gasteiger partial charge in [0, 0.05) is 11.1 Å². The summed E-state index contributed by atoms with van der Waals surface area (Å²) in [5.74, 6) is -1.93. The van der Waals surface area contributed by atoms with Crippen LogP contribution in [-0.4, -0.2) is 11.9 Å². The van der Waals surface area contributed by atoms with Crippen LogP contribution in [0.15, 0.2) is 23.8 Å². The summed E-state index contributed by atoms with van der Waals surface area (Å²) in [7, 11) is 0. The molecule has 5 heteroatoms. The number of cyclic esters (lactones) is 2. The zero-order chi connectivity index (χ0) is 11.7. The lowest BCUT2D eigenvalue weighted by Crippen LogP contribution is -1.97. The third-order valence-electron chi connectivity index (χ3n) is 2.12. The van der Waals surface area contributed by atoms with Crippen molar-refractivity contribution in [3.05, 3.63) is 40.2 Å². The molecule has 1 aliphatic heterocycles. The Balaban J connectivity index is 2.44. The molecule has 0 N–H and O–H groups in total. The molecule has 0 unspecified atom stereocenters. The average Bonchev–Trinajstić information content (AvgIpc) is 2.51. The van der Waals surface area contributed by atoms with Crippen LogP contribution in [0.4, 0.5) is 4.39 Å². The number of carbonyl (C=O) groups is 2. The van der Waals surface area contributed by atoms with Crippen LogP contribution >= 0.6 is 11.6 Å². The van der Waals surface area contributed by atoms with E-state index in [4.69, 9.17) is 11.6 Å². The molecule has 1 fully saturated rings. The Morgan fingerprint density at radius 3 is 2.69 bits per heavy atom. The van der Waals surface area contributed by atoms with Crippen LogP contribution in [0, 0.1) is 5.82 Å². The molecule has 0 amide bonds. The van der Waals surface area contributed by atoms with Crippen molar-refractivity contribution in [3.63, 3.8) is 0 Å². The van der Waals surface area contributed by atoms with Crippen LogP contribution < -0.4 is 0 Å². The van der Waals surface area contributed by atoms with Gasteiger partial charge in [0.1, 0.15) is 5.82 Å². The van der Waals surface area contributed by atoms with E-state index in [9.17, 15) is 14.0 Å². The predicted octanol–water partition coefficient (Wildman–Crippen LogP) is 2.34. The van der Waals surface area contributed by atoms with Crippen molar-refractivity contribution >= 4 is 29.6 Å². The zero-order valence-electron chi connectivity index (χ0n) is 8.00. The van der Waals surface area contributed by atoms with Crippen LogP contribution in [-0.2, 0) is 14.3 Å². The number of benzene rings is 1. The summed E-state index contributed by atoms with van der Waals surface area (Å²) in [6, 6.07) is 4.18. The number of ether oxygens (including phenoxy) is 1. The third kappa shape index (κ3) is 1.97. The quantitative estimate of drug-likeness (QED) is 0.430. The van der Waals surface area contributed by atoms with Crippen molar-refractivity contribution < 1.29 is 18.7 Å². The second-order valence-electron chi connectivity index (χ2n) is 3.24. The highest BCUT2D eigenvalue weighted by molar-refractivity contribution is 6.32. The van der Waals surface area contributed by atoms with E-state index >= 15 is 0 Å². The Hall–Kier alpha value is -1.68. The minimum atomic E-state index is -0.746. The summed E-state index contributed by atoms with van der Waals surface area (Å²) in [6.45, 7) is 0. The van der Waals surface area contributed by atoms with Gasteiger partial charge < -0.3 is 4.74 Å². The van der Waals surface area contributed by atoms with Gasteiger partial charge in [-0.25, -0.2) is 9.18 Å². The third-order valence-corrected chi connectivity index (χ3v) is 2.45. The van der Waals surface area contributed by atoms with E-state index in [2.05, 4.69) is 4.74 Å². The van der Waals surface area contributed by atoms with Crippen LogP contribution in [0.5, 0.6) is 0 Å². The Labute approximate surface area is 95.5 Å². The van der Waals surface area contributed by atoms with Gasteiger partial charge in [-0.1, -0.05) is 17.7 Å². The topological polar surface area (TPSA) is 43.4 Å². The first-order chi connectivity index (χ1) is 7.58. The lowest BCUT2D eigenvalue weighted by atomic mass is 10.1. The molecule has 0 spiro atoms. The van der Waals surface area contributed by atoms with Crippen molar-refractivity contribution in [3.8, 4) is 0 Å². The highest BCUT2D eigenvalue weighted by Crippen LogP contribution is 2.25. The number of hydrogen-bond donors (Lipinski definition) is 0. The van der Waals surface area contributed by atoms with Gasteiger partial charge in [-0.05, 0) is 18.2 Å². The molecule has 0 radical (unpaired) electrons. The molecule has 1 heterocycles. The number of esters is 2. The number of halogens is 2. The smallest absolute Gasteiger partial charge is 0.342 e. The molecule has 3 nitrogen and oxygen atoms in total. The monoisotopic (exact) mass is 240 g/mol. The normalized spacial score (nSPS) is 18.0. The highest BCUT2D eigenvalue weighted by Gasteiger charge is 2.27. The molecule has 0 atom stereocenters. The molecule has 1 aliphatic rings. The molecule has 0 aliphatic carbocycles. The minimum Gasteiger partial charge on any atom is -0.389 e. The van der Waals surface area contributed by atoms with Gasteiger partial charge in [-0.3, -0.25) is 4.79 Å². The van der Waals surface area contributed by atoms with Gasteiger partial charge in [-0.15, -0.1) is 0 Å². The van der Waals surface area contributed by atoms with Crippen molar-refractivity contribution in [2.45, 2.75) is 6.42 Å². The van der Waals surface area contributed by atoms with Gasteiger partial charge in [0.05, 0.1) is 11.4 Å². The highest BCUT2D eigenvalue weighted by atomic mass is 35.5. The van der Waals surface area contributed by atoms with E-state index in [0.29, 0.717) is 0 Å². The maximum absolute atomic E-state index is 13.4. The van der Waals surface area contributed by atoms with Crippen LogP contribution in [0.3, 0.4) is 0 Å². The summed E-state index contributed by atoms with van der Waals surface area (Å²) < 4.78 is 17.7. The molecule has 1 aromatic rings. The fourth-order valence-corrected chi connectivity index (χ4v) is 1.58. The largest absolute Gasteiger partial charge is 0.389 e. The van der Waals surface area contributed by atoms with E-state index in [-0.39, 0.29) is 22.6 Å². The Morgan fingerprint density at radius 1 is 1.38 bits per heavy atom. The molecule has 82 valence electrons. The summed E-state index contributed by atoms with van der Waals surface area (Å²) in [5, 5.41) is 0.180. The van der Waals surface area contributed by atoms with Crippen molar-refractivity contribution in [1.82, 2.24) is 0 Å². The van der Waals surface area contributed by atoms with Crippen molar-refractivity contribution in [1.29, 1.82) is 0 Å². The van der Waals surface area contributed by atoms with Crippen LogP contribution in [0.1, 0.15) is 12.0 Å². The van der Waals surface area contributed by atoms with E-state index in [1.54, 1.807) is 0 Å². The van der Waals surface area contributed by atoms with E-state index in [0.717, 1.165) is 0 Å². The molecule has 0 aromatic heterocycles. The van der Waals surface area contributed by atoms with Gasteiger partial charge in [-0.2, -0.15) is 0 Å². The summed E-state index contributed by atoms with van der Waals surface area (Å²) in [4.78, 5) is 21.9. The van der Waals surface area contributed by atoms with Crippen LogP contribution in [0.25, 0.3) is 6.08 Å². The molecule has 0 bridgehead atoms. The van der Waals surface area contributed by atoms with E-state index in [1.807, 2.05) is 0 Å². The summed E-state index contributed by atoms with van der Waals surface area (Å²) in [6.07, 6.45) is 1.09. The molecule has 1 saturated heterocycles. The molecule has 0 saturated carbocycles. The van der Waals surface area contributed by atoms with Gasteiger partial charge >= 0.3 is 11.9 Å². The first-order valence-corrected chi connectivity index (χ1v) is 4.85. The average molecular weight is 241 g/mol. The van der Waals surface area contributed by atoms with E-state index < -0.39 is 17.8 Å². The summed E-state index contributed by atoms with van der Waals surface area (Å²) in [5.41, 5.74) is 0.197. The molecular formula is C11H6ClFO3. The zero-order valence-corrected chi connectivity index (χ0v) is 8.75. The molecule has 2 rings (SSSR count). The maximum atomic E-state index is 13.4. The SMILES string of the molecule is O=C1C/C(=C\c2c(F)cccc2Cl)C(=O)O1. The first-order valence-electron chi connectivity index (χ1n) is 4.47. The first kappa shape index (κ1) is 10.8. The van der Waals surface area contributed by atoms with Gasteiger partial charge in [0.15, 0.2) is 0 Å². The Bertz CT molecular complexity index is 488. The molecule has 16 heavy (non-hydrogen) atoms. The number of hydrogen-bond acceptors (Lipinski definition) is 3. The molecular weight excluding hydrogens is 235 g/mol. The fraction of sp³-hybridized carbons (Fsp3) is 0.0909. The fourth-order valence-electron chi connectivity index (χ4n) is 1.37. The number of carbonyl (C=O) groups excluding carboxylic acids is 2. The predicted molar refractivity (Wildman–Crippen MR) is 55.1 cm³/mol. The minimum absolute atomic E-state index is 0.0887. The Morgan fingerprint density at radius 2 is 2.12 bits per heavy atom. The summed E-state index contributed by atoms with van der Waals surface area (Å²) >= 11 is 5.77. The van der Waals surface area contributed by atoms with E-state index in [1.165, 1.54) is 24.3 Å². The second-order valence-corrected chi connectivity index (χ2v) is 3.65. The Kier molecular flexibility index (Phi) is 2.75. The van der Waals surface area contributed by atoms with Crippen LogP contribution in [0.2, 0.25) is 5.02 Å². The lowest BCUT2D eigenvalue weighted by Gasteiger charge is -2.00. The number of rotatable bonds is 1. The molecule has 1 aromatic carbocycles. The standard InChI is InChI=1S/C11H6ClFO3/c12-8-2-1-3-9(13)7(8)4-6-5-10(14)16-11(6)15/h1-4H,5H2/b6-4+. The second kappa shape index (κ2) is 4.06. The van der Waals surface area contributed by atoms with Gasteiger partial charge in [0.2, 0.25) is 0 Å². The lowest BCUT2D eigenvalue weighted by molar-refractivity contribution is -0.151. The van der Waals surface area contributed by atoms with Gasteiger partial charge in [0.25, 0.3) is 0 Å². The van der Waals surface area contributed by atoms with Crippen molar-refractivity contribution in [2.75, 3.05) is 0 Å². The maximum Gasteiger partial charge on any atom is 0.342 e.